The predicted octanol–water partition coefficient (Wildman–Crippen LogP) is 2.41. The lowest BCUT2D eigenvalue weighted by Crippen LogP contribution is -2.30. The van der Waals surface area contributed by atoms with Gasteiger partial charge in [0.2, 0.25) is 5.91 Å². The zero-order valence-corrected chi connectivity index (χ0v) is 12.0. The molecule has 0 saturated heterocycles. The summed E-state index contributed by atoms with van der Waals surface area (Å²) in [6.07, 6.45) is 1.19. The summed E-state index contributed by atoms with van der Waals surface area (Å²) in [5.74, 6) is 0.860. The molecule has 0 radical (unpaired) electrons. The molecule has 0 bridgehead atoms. The van der Waals surface area contributed by atoms with Gasteiger partial charge in [0, 0.05) is 23.5 Å². The largest absolute Gasteiger partial charge is 0.497 e. The van der Waals surface area contributed by atoms with Gasteiger partial charge in [-0.1, -0.05) is 18.2 Å². The number of benzene rings is 2. The van der Waals surface area contributed by atoms with Crippen molar-refractivity contribution in [1.82, 2.24) is 0 Å². The number of methoxy groups -OCH3 is 1. The number of nitrogen functional groups attached to an aromatic ring is 1. The molecule has 1 heterocycles. The van der Waals surface area contributed by atoms with E-state index in [9.17, 15) is 4.79 Å². The van der Waals surface area contributed by atoms with Gasteiger partial charge in [-0.05, 0) is 36.2 Å². The second-order valence-corrected chi connectivity index (χ2v) is 5.17. The third-order valence-corrected chi connectivity index (χ3v) is 3.85. The van der Waals surface area contributed by atoms with Gasteiger partial charge < -0.3 is 15.4 Å². The topological polar surface area (TPSA) is 55.6 Å². The number of hydrogen-bond acceptors (Lipinski definition) is 3. The normalized spacial score (nSPS) is 13.1. The molecule has 0 unspecified atom stereocenters. The number of hydrogen-bond donors (Lipinski definition) is 1. The third-order valence-electron chi connectivity index (χ3n) is 3.85. The first-order chi connectivity index (χ1) is 10.2. The van der Waals surface area contributed by atoms with E-state index in [1.807, 2.05) is 47.4 Å². The van der Waals surface area contributed by atoms with Crippen LogP contribution in [-0.2, 0) is 17.6 Å². The van der Waals surface area contributed by atoms with Gasteiger partial charge in [0.15, 0.2) is 0 Å². The lowest BCUT2D eigenvalue weighted by Gasteiger charge is -2.17. The van der Waals surface area contributed by atoms with E-state index in [2.05, 4.69) is 0 Å². The summed E-state index contributed by atoms with van der Waals surface area (Å²) in [5, 5.41) is 0. The molecule has 0 aromatic heterocycles. The van der Waals surface area contributed by atoms with Crippen molar-refractivity contribution in [1.29, 1.82) is 0 Å². The molecule has 3 rings (SSSR count). The minimum absolute atomic E-state index is 0.0904. The number of carbonyl (C=O) groups is 1. The zero-order valence-electron chi connectivity index (χ0n) is 12.0. The first kappa shape index (κ1) is 13.5. The Bertz CT molecular complexity index is 682. The van der Waals surface area contributed by atoms with Gasteiger partial charge in [0.25, 0.3) is 0 Å². The van der Waals surface area contributed by atoms with E-state index >= 15 is 0 Å². The molecule has 0 spiro atoms. The zero-order chi connectivity index (χ0) is 14.8. The molecule has 4 heteroatoms. The smallest absolute Gasteiger partial charge is 0.231 e. The minimum Gasteiger partial charge on any atom is -0.497 e. The monoisotopic (exact) mass is 282 g/mol. The maximum Gasteiger partial charge on any atom is 0.231 e. The standard InChI is InChI=1S/C17H18N2O2/c1-21-13-5-2-4-12(10-13)11-17(20)19-9-8-14-15(18)6-3-7-16(14)19/h2-7,10H,8-9,11,18H2,1H3. The van der Waals surface area contributed by atoms with Crippen molar-refractivity contribution < 1.29 is 9.53 Å². The number of nitrogens with zero attached hydrogens (tertiary/aromatic N) is 1. The van der Waals surface area contributed by atoms with Crippen LogP contribution in [0.2, 0.25) is 0 Å². The summed E-state index contributed by atoms with van der Waals surface area (Å²) in [6.45, 7) is 0.701. The molecule has 4 nitrogen and oxygen atoms in total. The van der Waals surface area contributed by atoms with Crippen molar-refractivity contribution in [2.45, 2.75) is 12.8 Å². The highest BCUT2D eigenvalue weighted by Crippen LogP contribution is 2.32. The number of nitrogens with two attached hydrogens (primary N) is 1. The quantitative estimate of drug-likeness (QED) is 0.880. The van der Waals surface area contributed by atoms with Crippen LogP contribution in [0.1, 0.15) is 11.1 Å². The summed E-state index contributed by atoms with van der Waals surface area (Å²) in [5.41, 5.74) is 9.72. The van der Waals surface area contributed by atoms with Crippen LogP contribution in [0, 0.1) is 0 Å². The van der Waals surface area contributed by atoms with Crippen molar-refractivity contribution in [3.05, 3.63) is 53.6 Å². The van der Waals surface area contributed by atoms with E-state index < -0.39 is 0 Å². The van der Waals surface area contributed by atoms with E-state index in [4.69, 9.17) is 10.5 Å². The van der Waals surface area contributed by atoms with Gasteiger partial charge in [-0.2, -0.15) is 0 Å². The van der Waals surface area contributed by atoms with Crippen molar-refractivity contribution >= 4 is 17.3 Å². The number of carbonyl (C=O) groups excluding carboxylic acids is 1. The second kappa shape index (κ2) is 5.48. The first-order valence-electron chi connectivity index (χ1n) is 6.99. The van der Waals surface area contributed by atoms with Gasteiger partial charge in [0.05, 0.1) is 13.5 Å². The van der Waals surface area contributed by atoms with Gasteiger partial charge in [-0.25, -0.2) is 0 Å². The summed E-state index contributed by atoms with van der Waals surface area (Å²) in [6, 6.07) is 13.4. The summed E-state index contributed by atoms with van der Waals surface area (Å²) in [7, 11) is 1.63. The molecule has 0 fully saturated rings. The van der Waals surface area contributed by atoms with Gasteiger partial charge in [0.1, 0.15) is 5.75 Å². The number of anilines is 2. The highest BCUT2D eigenvalue weighted by molar-refractivity contribution is 5.97. The van der Waals surface area contributed by atoms with Crippen LogP contribution < -0.4 is 15.4 Å². The van der Waals surface area contributed by atoms with E-state index in [-0.39, 0.29) is 5.91 Å². The maximum atomic E-state index is 12.5. The lowest BCUT2D eigenvalue weighted by atomic mass is 10.1. The van der Waals surface area contributed by atoms with Crippen LogP contribution in [0.5, 0.6) is 5.75 Å². The number of amides is 1. The molecule has 1 aliphatic rings. The Balaban J connectivity index is 1.80. The first-order valence-corrected chi connectivity index (χ1v) is 6.99. The molecular formula is C17H18N2O2. The maximum absolute atomic E-state index is 12.5. The van der Waals surface area contributed by atoms with Gasteiger partial charge in [-0.15, -0.1) is 0 Å². The Morgan fingerprint density at radius 3 is 2.90 bits per heavy atom. The molecule has 2 N–H and O–H groups in total. The fourth-order valence-electron chi connectivity index (χ4n) is 2.77. The Kier molecular flexibility index (Phi) is 3.52. The minimum atomic E-state index is 0.0904. The predicted molar refractivity (Wildman–Crippen MR) is 83.6 cm³/mol. The van der Waals surface area contributed by atoms with Crippen LogP contribution in [-0.4, -0.2) is 19.6 Å². The van der Waals surface area contributed by atoms with Crippen LogP contribution >= 0.6 is 0 Å². The average Bonchev–Trinajstić information content (AvgIpc) is 2.93. The molecule has 21 heavy (non-hydrogen) atoms. The molecule has 1 amide bonds. The van der Waals surface area contributed by atoms with Crippen molar-refractivity contribution in [3.8, 4) is 5.75 Å². The second-order valence-electron chi connectivity index (χ2n) is 5.17. The molecular weight excluding hydrogens is 264 g/mol. The Labute approximate surface area is 124 Å². The molecule has 2 aromatic carbocycles. The number of ether oxygens (including phenoxy) is 1. The highest BCUT2D eigenvalue weighted by atomic mass is 16.5. The summed E-state index contributed by atoms with van der Waals surface area (Å²) < 4.78 is 5.19. The Hall–Kier alpha value is -2.49. The average molecular weight is 282 g/mol. The van der Waals surface area contributed by atoms with Crippen LogP contribution in [0.25, 0.3) is 0 Å². The van der Waals surface area contributed by atoms with Crippen LogP contribution in [0.3, 0.4) is 0 Å². The summed E-state index contributed by atoms with van der Waals surface area (Å²) >= 11 is 0. The SMILES string of the molecule is COc1cccc(CC(=O)N2CCc3c(N)cccc32)c1. The van der Waals surface area contributed by atoms with E-state index in [0.717, 1.165) is 34.7 Å². The van der Waals surface area contributed by atoms with Gasteiger partial charge in [-0.3, -0.25) is 4.79 Å². The van der Waals surface area contributed by atoms with Crippen LogP contribution in [0.4, 0.5) is 11.4 Å². The Morgan fingerprint density at radius 1 is 1.29 bits per heavy atom. The summed E-state index contributed by atoms with van der Waals surface area (Å²) in [4.78, 5) is 14.4. The van der Waals surface area contributed by atoms with Crippen molar-refractivity contribution in [2.75, 3.05) is 24.3 Å². The van der Waals surface area contributed by atoms with E-state index in [1.54, 1.807) is 7.11 Å². The number of rotatable bonds is 3. The molecule has 1 aliphatic heterocycles. The molecule has 0 saturated carbocycles. The van der Waals surface area contributed by atoms with Crippen molar-refractivity contribution in [2.24, 2.45) is 0 Å². The molecule has 108 valence electrons. The fraction of sp³-hybridized carbons (Fsp3) is 0.235. The lowest BCUT2D eigenvalue weighted by molar-refractivity contribution is -0.117. The van der Waals surface area contributed by atoms with Crippen molar-refractivity contribution in [3.63, 3.8) is 0 Å². The van der Waals surface area contributed by atoms with Crippen LogP contribution in [0.15, 0.2) is 42.5 Å². The fourth-order valence-corrected chi connectivity index (χ4v) is 2.77. The van der Waals surface area contributed by atoms with Gasteiger partial charge >= 0.3 is 0 Å². The van der Waals surface area contributed by atoms with E-state index in [0.29, 0.717) is 13.0 Å². The molecule has 0 aliphatic carbocycles. The Morgan fingerprint density at radius 2 is 2.10 bits per heavy atom. The molecule has 0 atom stereocenters. The molecule has 2 aromatic rings. The highest BCUT2D eigenvalue weighted by Gasteiger charge is 2.25. The number of fused-ring (bicyclic) bond motifs is 1. The van der Waals surface area contributed by atoms with E-state index in [1.165, 1.54) is 0 Å². The third kappa shape index (κ3) is 2.57.